The predicted octanol–water partition coefficient (Wildman–Crippen LogP) is -0.278. The molecule has 2 aromatic carbocycles. The van der Waals surface area contributed by atoms with Crippen LogP contribution in [0.4, 0.5) is 0 Å². The molecule has 1 N–H and O–H groups in total. The van der Waals surface area contributed by atoms with Gasteiger partial charge in [0.15, 0.2) is 3.57 Å². The normalized spacial score (nSPS) is 11.0. The predicted molar refractivity (Wildman–Crippen MR) is 77.0 cm³/mol. The van der Waals surface area contributed by atoms with Gasteiger partial charge in [-0.1, -0.05) is 30.3 Å². The van der Waals surface area contributed by atoms with E-state index < -0.39 is 21.2 Å². The molecular weight excluding hydrogens is 379 g/mol. The van der Waals surface area contributed by atoms with Gasteiger partial charge >= 0.3 is 26.8 Å². The summed E-state index contributed by atoms with van der Waals surface area (Å²) >= 11 is -0.557. The Morgan fingerprint density at radius 3 is 2.62 bits per heavy atom. The second kappa shape index (κ2) is 5.99. The summed E-state index contributed by atoms with van der Waals surface area (Å²) in [6.45, 7) is 1.91. The molecule has 21 heavy (non-hydrogen) atoms. The molecule has 3 aromatic rings. The maximum atomic E-state index is 12.3. The molecular formula is C17H14IO3+. The Labute approximate surface area is 132 Å². The van der Waals surface area contributed by atoms with E-state index in [4.69, 9.17) is 4.42 Å². The topological polar surface area (TPSA) is 50.4 Å². The maximum absolute atomic E-state index is 12.3. The molecule has 1 heterocycles. The number of aliphatic hydroxyl groups excluding tert-OH is 1. The first kappa shape index (κ1) is 14.3. The molecule has 106 valence electrons. The third kappa shape index (κ3) is 2.87. The molecule has 0 aliphatic heterocycles. The van der Waals surface area contributed by atoms with Crippen molar-refractivity contribution in [1.29, 1.82) is 0 Å². The fourth-order valence-electron chi connectivity index (χ4n) is 2.17. The number of halogens is 1. The Morgan fingerprint density at radius 2 is 1.90 bits per heavy atom. The summed E-state index contributed by atoms with van der Waals surface area (Å²) in [7, 11) is 0. The molecule has 0 bridgehead atoms. The summed E-state index contributed by atoms with van der Waals surface area (Å²) in [6, 6.07) is 15.5. The van der Waals surface area contributed by atoms with Gasteiger partial charge in [0.2, 0.25) is 0 Å². The van der Waals surface area contributed by atoms with Crippen molar-refractivity contribution in [2.75, 3.05) is 0 Å². The van der Waals surface area contributed by atoms with E-state index in [0.717, 1.165) is 20.1 Å². The monoisotopic (exact) mass is 393 g/mol. The van der Waals surface area contributed by atoms with Crippen molar-refractivity contribution in [3.05, 3.63) is 77.2 Å². The van der Waals surface area contributed by atoms with Gasteiger partial charge in [0, 0.05) is 10.9 Å². The first-order chi connectivity index (χ1) is 10.2. The van der Waals surface area contributed by atoms with Crippen LogP contribution < -0.4 is 26.8 Å². The van der Waals surface area contributed by atoms with Crippen LogP contribution in [0.25, 0.3) is 11.0 Å². The van der Waals surface area contributed by atoms with Gasteiger partial charge in [-0.25, -0.2) is 4.79 Å². The summed E-state index contributed by atoms with van der Waals surface area (Å²) in [5, 5.41) is 10.1. The highest BCUT2D eigenvalue weighted by Gasteiger charge is 2.25. The lowest BCUT2D eigenvalue weighted by molar-refractivity contribution is -0.600. The smallest absolute Gasteiger partial charge is 0.391 e. The SMILES string of the molecule is Cc1c([I+]c2ccccc2)c(=O)oc2cc(CO)ccc12. The highest BCUT2D eigenvalue weighted by molar-refractivity contribution is 5.80. The number of rotatable bonds is 3. The fraction of sp³-hybridized carbons (Fsp3) is 0.118. The van der Waals surface area contributed by atoms with E-state index in [1.54, 1.807) is 6.07 Å². The number of aliphatic hydroxyl groups is 1. The molecule has 1 aromatic heterocycles. The van der Waals surface area contributed by atoms with Gasteiger partial charge in [-0.2, -0.15) is 0 Å². The molecule has 0 aliphatic rings. The lowest BCUT2D eigenvalue weighted by Gasteiger charge is -2.02. The van der Waals surface area contributed by atoms with E-state index in [9.17, 15) is 9.90 Å². The average molecular weight is 393 g/mol. The third-order valence-electron chi connectivity index (χ3n) is 3.28. The second-order valence-corrected chi connectivity index (χ2v) is 7.57. The Morgan fingerprint density at radius 1 is 1.14 bits per heavy atom. The average Bonchev–Trinajstić information content (AvgIpc) is 2.52. The zero-order valence-corrected chi connectivity index (χ0v) is 13.6. The number of fused-ring (bicyclic) bond motifs is 1. The Hall–Kier alpha value is -1.66. The highest BCUT2D eigenvalue weighted by atomic mass is 127. The second-order valence-electron chi connectivity index (χ2n) is 4.71. The molecule has 0 spiro atoms. The number of benzene rings is 2. The van der Waals surface area contributed by atoms with Crippen LogP contribution in [0.15, 0.2) is 57.7 Å². The Bertz CT molecular complexity index is 838. The van der Waals surface area contributed by atoms with Crippen LogP contribution in [0.5, 0.6) is 0 Å². The first-order valence-electron chi connectivity index (χ1n) is 6.56. The summed E-state index contributed by atoms with van der Waals surface area (Å²) in [6.07, 6.45) is 0. The molecule has 0 amide bonds. The minimum Gasteiger partial charge on any atom is -0.419 e. The zero-order chi connectivity index (χ0) is 14.8. The summed E-state index contributed by atoms with van der Waals surface area (Å²) < 4.78 is 7.44. The van der Waals surface area contributed by atoms with Gasteiger partial charge in [0.1, 0.15) is 5.58 Å². The molecule has 0 aliphatic carbocycles. The van der Waals surface area contributed by atoms with Crippen molar-refractivity contribution in [1.82, 2.24) is 0 Å². The number of hydrogen-bond acceptors (Lipinski definition) is 3. The molecule has 0 fully saturated rings. The van der Waals surface area contributed by atoms with Gasteiger partial charge in [-0.15, -0.1) is 0 Å². The molecule has 0 unspecified atom stereocenters. The quantitative estimate of drug-likeness (QED) is 0.492. The Balaban J connectivity index is 2.14. The van der Waals surface area contributed by atoms with Gasteiger partial charge in [-0.05, 0) is 30.7 Å². The van der Waals surface area contributed by atoms with Crippen molar-refractivity contribution >= 4 is 11.0 Å². The molecule has 0 saturated heterocycles. The van der Waals surface area contributed by atoms with Crippen molar-refractivity contribution in [2.24, 2.45) is 0 Å². The minimum atomic E-state index is -0.557. The lowest BCUT2D eigenvalue weighted by Crippen LogP contribution is -3.62. The molecule has 0 saturated carbocycles. The van der Waals surface area contributed by atoms with Crippen molar-refractivity contribution in [3.8, 4) is 0 Å². The molecule has 0 radical (unpaired) electrons. The summed E-state index contributed by atoms with van der Waals surface area (Å²) in [5.74, 6) is 0. The Kier molecular flexibility index (Phi) is 4.07. The van der Waals surface area contributed by atoms with Crippen LogP contribution in [0.1, 0.15) is 11.1 Å². The van der Waals surface area contributed by atoms with E-state index >= 15 is 0 Å². The van der Waals surface area contributed by atoms with Gasteiger partial charge in [0.25, 0.3) is 3.57 Å². The third-order valence-corrected chi connectivity index (χ3v) is 6.41. The fourth-order valence-corrected chi connectivity index (χ4v) is 4.59. The maximum Gasteiger partial charge on any atom is 0.391 e. The molecule has 3 nitrogen and oxygen atoms in total. The van der Waals surface area contributed by atoms with Crippen LogP contribution >= 0.6 is 0 Å². The summed E-state index contributed by atoms with van der Waals surface area (Å²) in [5.41, 5.74) is 2.02. The van der Waals surface area contributed by atoms with Crippen LogP contribution in [-0.4, -0.2) is 5.11 Å². The van der Waals surface area contributed by atoms with E-state index in [2.05, 4.69) is 0 Å². The van der Waals surface area contributed by atoms with Crippen molar-refractivity contribution in [2.45, 2.75) is 13.5 Å². The molecule has 0 atom stereocenters. The highest BCUT2D eigenvalue weighted by Crippen LogP contribution is 2.18. The van der Waals surface area contributed by atoms with Gasteiger partial charge in [-0.3, -0.25) is 0 Å². The van der Waals surface area contributed by atoms with Gasteiger partial charge in [0.05, 0.1) is 6.61 Å². The van der Waals surface area contributed by atoms with E-state index in [1.165, 1.54) is 3.57 Å². The van der Waals surface area contributed by atoms with E-state index in [1.807, 2.05) is 49.4 Å². The lowest BCUT2D eigenvalue weighted by atomic mass is 10.1. The van der Waals surface area contributed by atoms with Gasteiger partial charge < -0.3 is 9.52 Å². The minimum absolute atomic E-state index is 0.0581. The van der Waals surface area contributed by atoms with Crippen molar-refractivity contribution in [3.63, 3.8) is 0 Å². The standard InChI is InChI=1S/C17H14IO3/c1-11-14-8-7-12(10-19)9-15(14)21-17(20)16(11)18-13-5-3-2-4-6-13/h2-9,19H,10H2,1H3/q+1. The van der Waals surface area contributed by atoms with Crippen LogP contribution in [0.3, 0.4) is 0 Å². The van der Waals surface area contributed by atoms with Crippen LogP contribution in [0, 0.1) is 14.1 Å². The number of hydrogen-bond donors (Lipinski definition) is 1. The largest absolute Gasteiger partial charge is 0.419 e. The first-order valence-corrected chi connectivity index (χ1v) is 8.72. The molecule has 3 rings (SSSR count). The van der Waals surface area contributed by atoms with Crippen molar-refractivity contribution < 1.29 is 30.7 Å². The molecule has 4 heteroatoms. The zero-order valence-electron chi connectivity index (χ0n) is 11.5. The van der Waals surface area contributed by atoms with E-state index in [0.29, 0.717) is 5.58 Å². The van der Waals surface area contributed by atoms with Crippen LogP contribution in [-0.2, 0) is 6.61 Å². The summed E-state index contributed by atoms with van der Waals surface area (Å²) in [4.78, 5) is 12.3. The van der Waals surface area contributed by atoms with Crippen LogP contribution in [0.2, 0.25) is 0 Å². The van der Waals surface area contributed by atoms with E-state index in [-0.39, 0.29) is 12.2 Å². The number of aryl methyl sites for hydroxylation is 1.